The van der Waals surface area contributed by atoms with E-state index in [2.05, 4.69) is 15.0 Å². The summed E-state index contributed by atoms with van der Waals surface area (Å²) in [6.45, 7) is 0. The molecule has 0 aromatic carbocycles. The van der Waals surface area contributed by atoms with Gasteiger partial charge in [0.25, 0.3) is 0 Å². The summed E-state index contributed by atoms with van der Waals surface area (Å²) in [6.07, 6.45) is 5.10. The second kappa shape index (κ2) is 3.30. The van der Waals surface area contributed by atoms with Gasteiger partial charge in [0.15, 0.2) is 0 Å². The van der Waals surface area contributed by atoms with Gasteiger partial charge in [0.1, 0.15) is 17.8 Å². The Labute approximate surface area is 91.6 Å². The van der Waals surface area contributed by atoms with Crippen LogP contribution in [-0.2, 0) is 0 Å². The highest BCUT2D eigenvalue weighted by molar-refractivity contribution is 5.61. The minimum absolute atomic E-state index is 0.460. The molecule has 0 aliphatic carbocycles. The number of aromatic nitrogens is 4. The van der Waals surface area contributed by atoms with Crippen molar-refractivity contribution < 1.29 is 0 Å². The third kappa shape index (κ3) is 1.30. The van der Waals surface area contributed by atoms with Crippen molar-refractivity contribution in [3.63, 3.8) is 0 Å². The van der Waals surface area contributed by atoms with Gasteiger partial charge in [-0.25, -0.2) is 15.0 Å². The summed E-state index contributed by atoms with van der Waals surface area (Å²) in [6, 6.07) is 7.59. The summed E-state index contributed by atoms with van der Waals surface area (Å²) in [5.41, 5.74) is 8.26. The van der Waals surface area contributed by atoms with E-state index in [1.807, 2.05) is 28.8 Å². The lowest BCUT2D eigenvalue weighted by atomic mass is 10.2. The van der Waals surface area contributed by atoms with Gasteiger partial charge in [-0.2, -0.15) is 0 Å². The van der Waals surface area contributed by atoms with Crippen LogP contribution in [0.15, 0.2) is 43.0 Å². The number of anilines is 1. The predicted octanol–water partition coefficient (Wildman–Crippen LogP) is 1.37. The van der Waals surface area contributed by atoms with Crippen LogP contribution in [0, 0.1) is 0 Å². The number of imidazole rings is 1. The summed E-state index contributed by atoms with van der Waals surface area (Å²) in [5.74, 6) is 0.460. The maximum absolute atomic E-state index is 5.64. The molecule has 5 nitrogen and oxygen atoms in total. The number of nitrogens with two attached hydrogens (primary N) is 1. The average Bonchev–Trinajstić information content (AvgIpc) is 2.76. The number of fused-ring (bicyclic) bond motifs is 1. The average molecular weight is 211 g/mol. The second-order valence-electron chi connectivity index (χ2n) is 3.39. The van der Waals surface area contributed by atoms with Gasteiger partial charge in [-0.3, -0.25) is 4.40 Å². The summed E-state index contributed by atoms with van der Waals surface area (Å²) < 4.78 is 1.96. The Morgan fingerprint density at radius 3 is 2.94 bits per heavy atom. The number of rotatable bonds is 1. The fraction of sp³-hybridized carbons (Fsp3) is 0. The number of hydrogen-bond donors (Lipinski definition) is 1. The molecule has 78 valence electrons. The molecule has 3 rings (SSSR count). The van der Waals surface area contributed by atoms with Crippen LogP contribution in [0.3, 0.4) is 0 Å². The summed E-state index contributed by atoms with van der Waals surface area (Å²) in [5, 5.41) is 0. The number of pyridine rings is 1. The van der Waals surface area contributed by atoms with Crippen molar-refractivity contribution in [2.75, 3.05) is 5.73 Å². The first kappa shape index (κ1) is 8.84. The Bertz CT molecular complexity index is 643. The van der Waals surface area contributed by atoms with Gasteiger partial charge in [-0.05, 0) is 12.1 Å². The van der Waals surface area contributed by atoms with Crippen LogP contribution >= 0.6 is 0 Å². The van der Waals surface area contributed by atoms with Crippen LogP contribution in [0.4, 0.5) is 5.82 Å². The third-order valence-electron chi connectivity index (χ3n) is 2.38. The van der Waals surface area contributed by atoms with Crippen LogP contribution < -0.4 is 5.73 Å². The molecule has 0 aliphatic rings. The molecule has 16 heavy (non-hydrogen) atoms. The van der Waals surface area contributed by atoms with Gasteiger partial charge in [-0.1, -0.05) is 6.07 Å². The van der Waals surface area contributed by atoms with E-state index in [1.165, 1.54) is 6.33 Å². The Hall–Kier alpha value is -2.43. The topological polar surface area (TPSA) is 69.1 Å². The van der Waals surface area contributed by atoms with Gasteiger partial charge < -0.3 is 5.73 Å². The molecule has 0 spiro atoms. The van der Waals surface area contributed by atoms with Crippen molar-refractivity contribution in [2.24, 2.45) is 0 Å². The molecule has 0 amide bonds. The molecule has 2 N–H and O–H groups in total. The van der Waals surface area contributed by atoms with E-state index in [1.54, 1.807) is 12.3 Å². The molecule has 5 heteroatoms. The molecule has 0 unspecified atom stereocenters. The zero-order valence-corrected chi connectivity index (χ0v) is 8.41. The molecule has 0 atom stereocenters. The lowest BCUT2D eigenvalue weighted by Crippen LogP contribution is -1.96. The first-order valence-corrected chi connectivity index (χ1v) is 4.84. The second-order valence-corrected chi connectivity index (χ2v) is 3.39. The highest BCUT2D eigenvalue weighted by Gasteiger charge is 2.04. The largest absolute Gasteiger partial charge is 0.384 e. The van der Waals surface area contributed by atoms with Crippen molar-refractivity contribution in [3.05, 3.63) is 43.0 Å². The molecule has 3 aromatic heterocycles. The van der Waals surface area contributed by atoms with Crippen molar-refractivity contribution in [3.8, 4) is 11.4 Å². The fourth-order valence-electron chi connectivity index (χ4n) is 1.67. The summed E-state index contributed by atoms with van der Waals surface area (Å²) in [7, 11) is 0. The van der Waals surface area contributed by atoms with Gasteiger partial charge >= 0.3 is 0 Å². The lowest BCUT2D eigenvalue weighted by Gasteiger charge is -2.04. The van der Waals surface area contributed by atoms with E-state index < -0.39 is 0 Å². The molecule has 3 aromatic rings. The highest BCUT2D eigenvalue weighted by Crippen LogP contribution is 2.18. The molecular formula is C11H9N5. The Morgan fingerprint density at radius 1 is 1.12 bits per heavy atom. The molecule has 3 heterocycles. The van der Waals surface area contributed by atoms with E-state index in [4.69, 9.17) is 5.73 Å². The maximum atomic E-state index is 5.64. The molecule has 0 bridgehead atoms. The Morgan fingerprint density at radius 2 is 2.06 bits per heavy atom. The first-order valence-electron chi connectivity index (χ1n) is 4.84. The zero-order valence-electron chi connectivity index (χ0n) is 8.41. The highest BCUT2D eigenvalue weighted by atomic mass is 15.0. The summed E-state index contributed by atoms with van der Waals surface area (Å²) >= 11 is 0. The van der Waals surface area contributed by atoms with Crippen molar-refractivity contribution in [1.82, 2.24) is 19.4 Å². The molecular weight excluding hydrogens is 202 g/mol. The van der Waals surface area contributed by atoms with Crippen molar-refractivity contribution in [2.45, 2.75) is 0 Å². The van der Waals surface area contributed by atoms with E-state index in [-0.39, 0.29) is 0 Å². The SMILES string of the molecule is Nc1cc(-c2cccc3nccn23)ncn1. The third-order valence-corrected chi connectivity index (χ3v) is 2.38. The number of hydrogen-bond acceptors (Lipinski definition) is 4. The minimum atomic E-state index is 0.460. The molecule has 0 saturated carbocycles. The zero-order chi connectivity index (χ0) is 11.0. The fourth-order valence-corrected chi connectivity index (χ4v) is 1.67. The van der Waals surface area contributed by atoms with Gasteiger partial charge in [0.05, 0.1) is 11.4 Å². The van der Waals surface area contributed by atoms with Crippen LogP contribution in [0.5, 0.6) is 0 Å². The number of nitrogens with zero attached hydrogens (tertiary/aromatic N) is 4. The monoisotopic (exact) mass is 211 g/mol. The molecule has 0 radical (unpaired) electrons. The number of nitrogen functional groups attached to an aromatic ring is 1. The maximum Gasteiger partial charge on any atom is 0.137 e. The minimum Gasteiger partial charge on any atom is -0.384 e. The van der Waals surface area contributed by atoms with Crippen LogP contribution in [0.2, 0.25) is 0 Å². The smallest absolute Gasteiger partial charge is 0.137 e. The Balaban J connectivity index is 2.29. The standard InChI is InChI=1S/C11H9N5/c12-10-6-8(14-7-15-10)9-2-1-3-11-13-4-5-16(9)11/h1-7H,(H2,12,14,15). The molecule has 0 fully saturated rings. The predicted molar refractivity (Wildman–Crippen MR) is 60.6 cm³/mol. The molecule has 0 saturated heterocycles. The van der Waals surface area contributed by atoms with E-state index in [0.29, 0.717) is 5.82 Å². The van der Waals surface area contributed by atoms with Gasteiger partial charge in [-0.15, -0.1) is 0 Å². The van der Waals surface area contributed by atoms with Crippen molar-refractivity contribution >= 4 is 11.5 Å². The Kier molecular flexibility index (Phi) is 1.83. The van der Waals surface area contributed by atoms with E-state index in [9.17, 15) is 0 Å². The van der Waals surface area contributed by atoms with Crippen LogP contribution in [0.25, 0.3) is 17.0 Å². The van der Waals surface area contributed by atoms with Gasteiger partial charge in [0.2, 0.25) is 0 Å². The van der Waals surface area contributed by atoms with E-state index >= 15 is 0 Å². The quantitative estimate of drug-likeness (QED) is 0.660. The molecule has 0 aliphatic heterocycles. The van der Waals surface area contributed by atoms with Crippen LogP contribution in [0.1, 0.15) is 0 Å². The first-order chi connectivity index (χ1) is 7.84. The van der Waals surface area contributed by atoms with Crippen LogP contribution in [-0.4, -0.2) is 19.4 Å². The van der Waals surface area contributed by atoms with E-state index in [0.717, 1.165) is 17.0 Å². The lowest BCUT2D eigenvalue weighted by molar-refractivity contribution is 1.12. The van der Waals surface area contributed by atoms with Gasteiger partial charge in [0, 0.05) is 18.5 Å². The summed E-state index contributed by atoms with van der Waals surface area (Å²) in [4.78, 5) is 12.3. The normalized spacial score (nSPS) is 10.8. The van der Waals surface area contributed by atoms with Crippen molar-refractivity contribution in [1.29, 1.82) is 0 Å².